The van der Waals surface area contributed by atoms with Gasteiger partial charge in [0.1, 0.15) is 6.33 Å². The van der Waals surface area contributed by atoms with Gasteiger partial charge in [0.15, 0.2) is 11.5 Å². The van der Waals surface area contributed by atoms with E-state index < -0.39 is 0 Å². The van der Waals surface area contributed by atoms with Crippen molar-refractivity contribution in [2.75, 3.05) is 14.2 Å². The SMILES string of the molecule is CCn1c(-c2ccccc2)c(-c2ncnc3cc(OC)c(OC)cc23)c2ccccc21. The molecule has 0 bridgehead atoms. The summed E-state index contributed by atoms with van der Waals surface area (Å²) in [5.41, 5.74) is 6.29. The first kappa shape index (κ1) is 19.1. The molecular weight excluding hydrogens is 386 g/mol. The highest BCUT2D eigenvalue weighted by molar-refractivity contribution is 6.09. The number of aromatic nitrogens is 3. The van der Waals surface area contributed by atoms with Gasteiger partial charge in [0.05, 0.1) is 31.1 Å². The Balaban J connectivity index is 1.93. The molecule has 5 rings (SSSR count). The van der Waals surface area contributed by atoms with Crippen LogP contribution in [0.3, 0.4) is 0 Å². The Morgan fingerprint density at radius 2 is 1.52 bits per heavy atom. The molecule has 0 spiro atoms. The summed E-state index contributed by atoms with van der Waals surface area (Å²) in [6.07, 6.45) is 1.62. The quantitative estimate of drug-likeness (QED) is 0.360. The highest BCUT2D eigenvalue weighted by Gasteiger charge is 2.22. The van der Waals surface area contributed by atoms with Crippen molar-refractivity contribution in [2.24, 2.45) is 0 Å². The third-order valence-electron chi connectivity index (χ3n) is 5.71. The maximum absolute atomic E-state index is 5.58. The highest BCUT2D eigenvalue weighted by Crippen LogP contribution is 2.43. The first-order chi connectivity index (χ1) is 15.3. The Hall–Kier alpha value is -3.86. The van der Waals surface area contributed by atoms with E-state index in [-0.39, 0.29) is 0 Å². The van der Waals surface area contributed by atoms with Crippen LogP contribution in [0.25, 0.3) is 44.3 Å². The van der Waals surface area contributed by atoms with Gasteiger partial charge in [-0.3, -0.25) is 0 Å². The zero-order chi connectivity index (χ0) is 21.4. The van der Waals surface area contributed by atoms with Gasteiger partial charge >= 0.3 is 0 Å². The second kappa shape index (κ2) is 7.76. The van der Waals surface area contributed by atoms with E-state index in [4.69, 9.17) is 14.5 Å². The van der Waals surface area contributed by atoms with Crippen molar-refractivity contribution in [1.29, 1.82) is 0 Å². The fraction of sp³-hybridized carbons (Fsp3) is 0.154. The molecule has 0 aliphatic carbocycles. The first-order valence-corrected chi connectivity index (χ1v) is 10.3. The van der Waals surface area contributed by atoms with Gasteiger partial charge in [-0.15, -0.1) is 0 Å². The van der Waals surface area contributed by atoms with Crippen molar-refractivity contribution in [1.82, 2.24) is 14.5 Å². The summed E-state index contributed by atoms with van der Waals surface area (Å²) in [5, 5.41) is 2.09. The van der Waals surface area contributed by atoms with Crippen molar-refractivity contribution >= 4 is 21.8 Å². The number of ether oxygens (including phenoxy) is 2. The number of hydrogen-bond donors (Lipinski definition) is 0. The lowest BCUT2D eigenvalue weighted by atomic mass is 9.99. The second-order valence-corrected chi connectivity index (χ2v) is 7.30. The van der Waals surface area contributed by atoms with Crippen LogP contribution in [0.2, 0.25) is 0 Å². The highest BCUT2D eigenvalue weighted by atomic mass is 16.5. The normalized spacial score (nSPS) is 11.2. The van der Waals surface area contributed by atoms with Crippen LogP contribution in [-0.2, 0) is 6.54 Å². The van der Waals surface area contributed by atoms with E-state index in [1.807, 2.05) is 18.2 Å². The molecule has 0 fully saturated rings. The van der Waals surface area contributed by atoms with E-state index in [9.17, 15) is 0 Å². The molecule has 0 aliphatic rings. The van der Waals surface area contributed by atoms with Crippen LogP contribution >= 0.6 is 0 Å². The van der Waals surface area contributed by atoms with Gasteiger partial charge in [0, 0.05) is 34.5 Å². The Morgan fingerprint density at radius 3 is 2.26 bits per heavy atom. The van der Waals surface area contributed by atoms with Crippen LogP contribution in [0.4, 0.5) is 0 Å². The van der Waals surface area contributed by atoms with Crippen LogP contribution in [0, 0.1) is 0 Å². The van der Waals surface area contributed by atoms with Gasteiger partial charge in [-0.05, 0) is 24.6 Å². The number of aryl methyl sites for hydroxylation is 1. The van der Waals surface area contributed by atoms with E-state index in [1.54, 1.807) is 20.5 Å². The monoisotopic (exact) mass is 409 g/mol. The molecule has 0 saturated carbocycles. The molecular formula is C26H23N3O2. The van der Waals surface area contributed by atoms with Crippen molar-refractivity contribution in [3.8, 4) is 34.0 Å². The maximum Gasteiger partial charge on any atom is 0.162 e. The smallest absolute Gasteiger partial charge is 0.162 e. The van der Waals surface area contributed by atoms with E-state index >= 15 is 0 Å². The van der Waals surface area contributed by atoms with Crippen molar-refractivity contribution < 1.29 is 9.47 Å². The van der Waals surface area contributed by atoms with Gasteiger partial charge in [0.25, 0.3) is 0 Å². The second-order valence-electron chi connectivity index (χ2n) is 7.30. The Labute approximate surface area is 180 Å². The number of para-hydroxylation sites is 1. The summed E-state index contributed by atoms with van der Waals surface area (Å²) < 4.78 is 13.4. The zero-order valence-corrected chi connectivity index (χ0v) is 17.8. The molecule has 31 heavy (non-hydrogen) atoms. The number of nitrogens with zero attached hydrogens (tertiary/aromatic N) is 3. The topological polar surface area (TPSA) is 49.2 Å². The Morgan fingerprint density at radius 1 is 0.806 bits per heavy atom. The van der Waals surface area contributed by atoms with Crippen molar-refractivity contribution in [3.05, 3.63) is 73.1 Å². The molecule has 0 unspecified atom stereocenters. The summed E-state index contributed by atoms with van der Waals surface area (Å²) >= 11 is 0. The van der Waals surface area contributed by atoms with Gasteiger partial charge in [-0.1, -0.05) is 48.5 Å². The summed E-state index contributed by atoms with van der Waals surface area (Å²) in [4.78, 5) is 9.28. The van der Waals surface area contributed by atoms with Crippen molar-refractivity contribution in [3.63, 3.8) is 0 Å². The summed E-state index contributed by atoms with van der Waals surface area (Å²) in [7, 11) is 3.28. The van der Waals surface area contributed by atoms with Crippen molar-refractivity contribution in [2.45, 2.75) is 13.5 Å². The predicted molar refractivity (Wildman–Crippen MR) is 125 cm³/mol. The van der Waals surface area contributed by atoms with Gasteiger partial charge in [-0.25, -0.2) is 9.97 Å². The molecule has 0 aliphatic heterocycles. The molecule has 154 valence electrons. The fourth-order valence-corrected chi connectivity index (χ4v) is 4.35. The summed E-state index contributed by atoms with van der Waals surface area (Å²) in [5.74, 6) is 1.31. The first-order valence-electron chi connectivity index (χ1n) is 10.3. The van der Waals surface area contributed by atoms with Crippen LogP contribution < -0.4 is 9.47 Å². The largest absolute Gasteiger partial charge is 0.493 e. The summed E-state index contributed by atoms with van der Waals surface area (Å²) in [6, 6.07) is 22.8. The third kappa shape index (κ3) is 3.01. The molecule has 2 heterocycles. The lowest BCUT2D eigenvalue weighted by Crippen LogP contribution is -1.98. The predicted octanol–water partition coefficient (Wildman–Crippen LogP) is 5.96. The Bertz CT molecular complexity index is 1390. The summed E-state index contributed by atoms with van der Waals surface area (Å²) in [6.45, 7) is 3.03. The molecule has 0 radical (unpaired) electrons. The minimum atomic E-state index is 0.652. The van der Waals surface area contributed by atoms with E-state index in [1.165, 1.54) is 5.52 Å². The minimum Gasteiger partial charge on any atom is -0.493 e. The van der Waals surface area contributed by atoms with E-state index in [0.717, 1.165) is 45.3 Å². The average Bonchev–Trinajstić information content (AvgIpc) is 3.17. The standard InChI is InChI=1S/C26H23N3O2/c1-4-29-21-13-9-8-12-18(21)24(26(29)17-10-6-5-7-11-17)25-19-14-22(30-2)23(31-3)15-20(19)27-16-28-25/h5-16H,4H2,1-3H3. The molecule has 5 nitrogen and oxygen atoms in total. The molecule has 0 N–H and O–H groups in total. The molecule has 0 saturated heterocycles. The maximum atomic E-state index is 5.58. The molecule has 0 amide bonds. The number of rotatable bonds is 5. The third-order valence-corrected chi connectivity index (χ3v) is 5.71. The van der Waals surface area contributed by atoms with Crippen LogP contribution in [0.15, 0.2) is 73.1 Å². The van der Waals surface area contributed by atoms with Gasteiger partial charge in [0.2, 0.25) is 0 Å². The van der Waals surface area contributed by atoms with Crippen LogP contribution in [0.5, 0.6) is 11.5 Å². The molecule has 2 aromatic heterocycles. The van der Waals surface area contributed by atoms with Gasteiger partial charge < -0.3 is 14.0 Å². The minimum absolute atomic E-state index is 0.652. The van der Waals surface area contributed by atoms with Crippen LogP contribution in [0.1, 0.15) is 6.92 Å². The molecule has 5 aromatic rings. The number of hydrogen-bond acceptors (Lipinski definition) is 4. The number of fused-ring (bicyclic) bond motifs is 2. The zero-order valence-electron chi connectivity index (χ0n) is 17.8. The average molecular weight is 409 g/mol. The Kier molecular flexibility index (Phi) is 4.79. The van der Waals surface area contributed by atoms with E-state index in [2.05, 4.69) is 65.0 Å². The molecule has 3 aromatic carbocycles. The number of methoxy groups -OCH3 is 2. The molecule has 0 atom stereocenters. The van der Waals surface area contributed by atoms with Gasteiger partial charge in [-0.2, -0.15) is 0 Å². The van der Waals surface area contributed by atoms with E-state index in [0.29, 0.717) is 11.5 Å². The molecule has 5 heteroatoms. The van der Waals surface area contributed by atoms with Crippen LogP contribution in [-0.4, -0.2) is 28.8 Å². The fourth-order valence-electron chi connectivity index (χ4n) is 4.35. The number of benzene rings is 3. The lowest BCUT2D eigenvalue weighted by Gasteiger charge is -2.13. The lowest BCUT2D eigenvalue weighted by molar-refractivity contribution is 0.356.